The lowest BCUT2D eigenvalue weighted by molar-refractivity contribution is 0.0743. The maximum absolute atomic E-state index is 12.6. The summed E-state index contributed by atoms with van der Waals surface area (Å²) in [6.07, 6.45) is 3.62. The van der Waals surface area contributed by atoms with Crippen LogP contribution >= 0.6 is 0 Å². The number of rotatable bonds is 2. The molecule has 0 N–H and O–H groups in total. The topological polar surface area (TPSA) is 42.4 Å². The largest absolute Gasteiger partial charge is 0.491 e. The number of nitrogens with zero attached hydrogens (tertiary/aromatic N) is 2. The fourth-order valence-corrected chi connectivity index (χ4v) is 2.38. The predicted molar refractivity (Wildman–Crippen MR) is 75.7 cm³/mol. The normalized spacial score (nSPS) is 14.4. The van der Waals surface area contributed by atoms with Gasteiger partial charge in [0.1, 0.15) is 12.4 Å². The van der Waals surface area contributed by atoms with Crippen molar-refractivity contribution in [2.75, 3.05) is 13.2 Å². The zero-order chi connectivity index (χ0) is 13.9. The first-order valence-corrected chi connectivity index (χ1v) is 6.65. The summed E-state index contributed by atoms with van der Waals surface area (Å²) in [5.41, 5.74) is 2.77. The van der Waals surface area contributed by atoms with E-state index in [1.807, 2.05) is 42.3 Å². The van der Waals surface area contributed by atoms with Gasteiger partial charge in [-0.15, -0.1) is 0 Å². The lowest BCUT2D eigenvalue weighted by atomic mass is 10.1. The number of carbonyl (C=O) groups excluding carboxylic acids is 1. The number of hydrogen-bond acceptors (Lipinski definition) is 3. The van der Waals surface area contributed by atoms with Crippen molar-refractivity contribution >= 4 is 5.91 Å². The lowest BCUT2D eigenvalue weighted by Gasteiger charge is -2.19. The van der Waals surface area contributed by atoms with Crippen LogP contribution in [0.5, 0.6) is 5.75 Å². The minimum absolute atomic E-state index is 0.0135. The van der Waals surface area contributed by atoms with E-state index in [0.717, 1.165) is 11.1 Å². The highest BCUT2D eigenvalue weighted by Crippen LogP contribution is 2.23. The Kier molecular flexibility index (Phi) is 3.37. The van der Waals surface area contributed by atoms with Crippen molar-refractivity contribution in [3.63, 3.8) is 0 Å². The van der Waals surface area contributed by atoms with Crippen LogP contribution in [0.3, 0.4) is 0 Å². The number of para-hydroxylation sites is 1. The smallest absolute Gasteiger partial charge is 0.258 e. The van der Waals surface area contributed by atoms with Gasteiger partial charge in [0.05, 0.1) is 12.1 Å². The molecule has 0 atom stereocenters. The molecule has 20 heavy (non-hydrogen) atoms. The molecule has 0 fully saturated rings. The van der Waals surface area contributed by atoms with E-state index in [1.165, 1.54) is 0 Å². The Morgan fingerprint density at radius 3 is 3.00 bits per heavy atom. The number of aryl methyl sites for hydroxylation is 1. The molecule has 0 aliphatic carbocycles. The average molecular weight is 268 g/mol. The van der Waals surface area contributed by atoms with Crippen LogP contribution in [0.25, 0.3) is 0 Å². The molecular weight excluding hydrogens is 252 g/mol. The van der Waals surface area contributed by atoms with Gasteiger partial charge in [0.2, 0.25) is 0 Å². The van der Waals surface area contributed by atoms with Crippen molar-refractivity contribution < 1.29 is 9.53 Å². The standard InChI is InChI=1S/C16H16N2O2/c1-12-8-13(10-17-9-12)11-18-6-7-20-15-5-3-2-4-14(15)16(18)19/h2-5,8-10H,6-7,11H2,1H3. The van der Waals surface area contributed by atoms with E-state index in [4.69, 9.17) is 4.74 Å². The number of aromatic nitrogens is 1. The molecule has 1 aliphatic heterocycles. The fourth-order valence-electron chi connectivity index (χ4n) is 2.38. The van der Waals surface area contributed by atoms with Gasteiger partial charge in [0, 0.05) is 18.9 Å². The molecule has 0 unspecified atom stereocenters. The predicted octanol–water partition coefficient (Wildman–Crippen LogP) is 2.42. The highest BCUT2D eigenvalue weighted by Gasteiger charge is 2.23. The quantitative estimate of drug-likeness (QED) is 0.840. The lowest BCUT2D eigenvalue weighted by Crippen LogP contribution is -2.31. The number of hydrogen-bond donors (Lipinski definition) is 0. The van der Waals surface area contributed by atoms with Crippen molar-refractivity contribution in [2.24, 2.45) is 0 Å². The summed E-state index contributed by atoms with van der Waals surface area (Å²) < 4.78 is 5.63. The highest BCUT2D eigenvalue weighted by molar-refractivity contribution is 5.97. The van der Waals surface area contributed by atoms with Crippen LogP contribution in [0.2, 0.25) is 0 Å². The second kappa shape index (κ2) is 5.33. The summed E-state index contributed by atoms with van der Waals surface area (Å²) >= 11 is 0. The van der Waals surface area contributed by atoms with Gasteiger partial charge >= 0.3 is 0 Å². The Balaban J connectivity index is 1.86. The number of pyridine rings is 1. The summed E-state index contributed by atoms with van der Waals surface area (Å²) in [6.45, 7) is 3.66. The summed E-state index contributed by atoms with van der Waals surface area (Å²) in [4.78, 5) is 18.5. The first-order chi connectivity index (χ1) is 9.74. The van der Waals surface area contributed by atoms with Gasteiger partial charge in [0.15, 0.2) is 0 Å². The van der Waals surface area contributed by atoms with Crippen LogP contribution in [-0.2, 0) is 6.54 Å². The minimum Gasteiger partial charge on any atom is -0.491 e. The number of amides is 1. The van der Waals surface area contributed by atoms with Gasteiger partial charge in [-0.3, -0.25) is 9.78 Å². The van der Waals surface area contributed by atoms with Crippen molar-refractivity contribution in [1.82, 2.24) is 9.88 Å². The molecule has 2 aromatic rings. The van der Waals surface area contributed by atoms with Crippen LogP contribution < -0.4 is 4.74 Å². The SMILES string of the molecule is Cc1cncc(CN2CCOc3ccccc3C2=O)c1. The zero-order valence-electron chi connectivity index (χ0n) is 11.4. The van der Waals surface area contributed by atoms with Crippen LogP contribution in [0, 0.1) is 6.92 Å². The summed E-state index contributed by atoms with van der Waals surface area (Å²) in [7, 11) is 0. The number of benzene rings is 1. The van der Waals surface area contributed by atoms with E-state index in [2.05, 4.69) is 11.1 Å². The van der Waals surface area contributed by atoms with E-state index < -0.39 is 0 Å². The average Bonchev–Trinajstić information content (AvgIpc) is 2.60. The van der Waals surface area contributed by atoms with Crippen LogP contribution in [0.1, 0.15) is 21.5 Å². The zero-order valence-corrected chi connectivity index (χ0v) is 11.4. The first-order valence-electron chi connectivity index (χ1n) is 6.65. The van der Waals surface area contributed by atoms with Crippen molar-refractivity contribution in [3.05, 3.63) is 59.4 Å². The number of ether oxygens (including phenoxy) is 1. The molecule has 1 aliphatic rings. The monoisotopic (exact) mass is 268 g/mol. The minimum atomic E-state index is 0.0135. The Hall–Kier alpha value is -2.36. The summed E-state index contributed by atoms with van der Waals surface area (Å²) in [5, 5.41) is 0. The molecule has 0 saturated heterocycles. The Labute approximate surface area is 118 Å². The molecule has 0 radical (unpaired) electrons. The molecule has 0 bridgehead atoms. The van der Waals surface area contributed by atoms with Gasteiger partial charge in [-0.25, -0.2) is 0 Å². The van der Waals surface area contributed by atoms with Crippen LogP contribution in [0.4, 0.5) is 0 Å². The van der Waals surface area contributed by atoms with E-state index in [1.54, 1.807) is 6.20 Å². The Bertz CT molecular complexity index is 640. The maximum Gasteiger partial charge on any atom is 0.258 e. The molecule has 1 aromatic heterocycles. The van der Waals surface area contributed by atoms with Gasteiger partial charge in [-0.2, -0.15) is 0 Å². The fraction of sp³-hybridized carbons (Fsp3) is 0.250. The molecule has 1 amide bonds. The van der Waals surface area contributed by atoms with Gasteiger partial charge < -0.3 is 9.64 Å². The molecule has 0 spiro atoms. The second-order valence-electron chi connectivity index (χ2n) is 4.94. The van der Waals surface area contributed by atoms with Crippen LogP contribution in [-0.4, -0.2) is 28.9 Å². The Morgan fingerprint density at radius 2 is 2.15 bits per heavy atom. The molecule has 2 heterocycles. The van der Waals surface area contributed by atoms with Gasteiger partial charge in [-0.05, 0) is 30.2 Å². The van der Waals surface area contributed by atoms with E-state index in [9.17, 15) is 4.79 Å². The molecule has 102 valence electrons. The highest BCUT2D eigenvalue weighted by atomic mass is 16.5. The third-order valence-electron chi connectivity index (χ3n) is 3.33. The van der Waals surface area contributed by atoms with E-state index in [0.29, 0.717) is 31.0 Å². The molecule has 4 heteroatoms. The maximum atomic E-state index is 12.6. The molecule has 4 nitrogen and oxygen atoms in total. The second-order valence-corrected chi connectivity index (χ2v) is 4.94. The number of carbonyl (C=O) groups is 1. The van der Waals surface area contributed by atoms with Crippen molar-refractivity contribution in [3.8, 4) is 5.75 Å². The van der Waals surface area contributed by atoms with E-state index >= 15 is 0 Å². The molecular formula is C16H16N2O2. The van der Waals surface area contributed by atoms with Crippen LogP contribution in [0.15, 0.2) is 42.7 Å². The first kappa shape index (κ1) is 12.7. The van der Waals surface area contributed by atoms with Crippen molar-refractivity contribution in [1.29, 1.82) is 0 Å². The summed E-state index contributed by atoms with van der Waals surface area (Å²) in [5.74, 6) is 0.682. The molecule has 1 aromatic carbocycles. The molecule has 3 rings (SSSR count). The third-order valence-corrected chi connectivity index (χ3v) is 3.33. The van der Waals surface area contributed by atoms with Gasteiger partial charge in [0.25, 0.3) is 5.91 Å². The van der Waals surface area contributed by atoms with Gasteiger partial charge in [-0.1, -0.05) is 18.2 Å². The number of fused-ring (bicyclic) bond motifs is 1. The Morgan fingerprint density at radius 1 is 1.30 bits per heavy atom. The van der Waals surface area contributed by atoms with E-state index in [-0.39, 0.29) is 5.91 Å². The third kappa shape index (κ3) is 2.50. The van der Waals surface area contributed by atoms with Crippen molar-refractivity contribution in [2.45, 2.75) is 13.5 Å². The molecule has 0 saturated carbocycles. The summed E-state index contributed by atoms with van der Waals surface area (Å²) in [6, 6.07) is 9.44.